The van der Waals surface area contributed by atoms with Crippen LogP contribution in [0.4, 0.5) is 0 Å². The van der Waals surface area contributed by atoms with Crippen LogP contribution in [0, 0.1) is 0 Å². The number of fused-ring (bicyclic) bond motifs is 2. The van der Waals surface area contributed by atoms with Gasteiger partial charge in [0.25, 0.3) is 5.91 Å². The van der Waals surface area contributed by atoms with Crippen LogP contribution in [0.2, 0.25) is 0 Å². The molecule has 1 amide bonds. The number of benzene rings is 2. The normalized spacial score (nSPS) is 13.8. The number of aromatic nitrogens is 2. The van der Waals surface area contributed by atoms with Crippen LogP contribution in [0.5, 0.6) is 0 Å². The molecule has 24 heavy (non-hydrogen) atoms. The minimum atomic E-state index is -0.0409. The highest BCUT2D eigenvalue weighted by Crippen LogP contribution is 2.29. The Labute approximate surface area is 144 Å². The van der Waals surface area contributed by atoms with Crippen molar-refractivity contribution in [3.05, 3.63) is 65.5 Å². The fraction of sp³-hybridized carbons (Fsp3) is 0.211. The Balaban J connectivity index is 1.70. The summed E-state index contributed by atoms with van der Waals surface area (Å²) in [5.41, 5.74) is 3.05. The number of thioether (sulfide) groups is 1. The van der Waals surface area contributed by atoms with Crippen molar-refractivity contribution in [1.29, 1.82) is 0 Å². The van der Waals surface area contributed by atoms with Crippen LogP contribution in [0.15, 0.2) is 53.6 Å². The van der Waals surface area contributed by atoms with Crippen LogP contribution in [0.1, 0.15) is 21.6 Å². The van der Waals surface area contributed by atoms with Crippen LogP contribution in [0.3, 0.4) is 0 Å². The van der Waals surface area contributed by atoms with E-state index in [9.17, 15) is 4.79 Å². The molecule has 0 N–H and O–H groups in total. The third-order valence-electron chi connectivity index (χ3n) is 4.51. The lowest BCUT2D eigenvalue weighted by atomic mass is 9.99. The number of nitrogens with zero attached hydrogens (tertiary/aromatic N) is 3. The molecule has 1 aliphatic heterocycles. The van der Waals surface area contributed by atoms with Gasteiger partial charge in [-0.3, -0.25) is 4.79 Å². The zero-order valence-corrected chi connectivity index (χ0v) is 14.2. The first-order valence-electron chi connectivity index (χ1n) is 7.92. The molecule has 0 saturated carbocycles. The van der Waals surface area contributed by atoms with E-state index in [2.05, 4.69) is 34.7 Å². The lowest BCUT2D eigenvalue weighted by Gasteiger charge is -2.30. The van der Waals surface area contributed by atoms with Gasteiger partial charge < -0.3 is 4.90 Å². The summed E-state index contributed by atoms with van der Waals surface area (Å²) in [6, 6.07) is 14.1. The smallest absolute Gasteiger partial charge is 0.275 e. The maximum Gasteiger partial charge on any atom is 0.275 e. The predicted molar refractivity (Wildman–Crippen MR) is 96.2 cm³/mol. The summed E-state index contributed by atoms with van der Waals surface area (Å²) >= 11 is 1.73. The largest absolute Gasteiger partial charge is 0.333 e. The van der Waals surface area contributed by atoms with Crippen LogP contribution in [-0.2, 0) is 13.0 Å². The average Bonchev–Trinajstić information content (AvgIpc) is 2.66. The lowest BCUT2D eigenvalue weighted by Crippen LogP contribution is -2.36. The summed E-state index contributed by atoms with van der Waals surface area (Å²) in [6.45, 7) is 1.35. The lowest BCUT2D eigenvalue weighted by molar-refractivity contribution is 0.0728. The van der Waals surface area contributed by atoms with Crippen molar-refractivity contribution >= 4 is 28.4 Å². The second-order valence-corrected chi connectivity index (χ2v) is 6.70. The molecule has 0 aliphatic carbocycles. The van der Waals surface area contributed by atoms with Crippen molar-refractivity contribution < 1.29 is 4.79 Å². The van der Waals surface area contributed by atoms with E-state index in [0.29, 0.717) is 18.8 Å². The first-order chi connectivity index (χ1) is 11.8. The molecular weight excluding hydrogens is 318 g/mol. The first-order valence-corrected chi connectivity index (χ1v) is 9.15. The van der Waals surface area contributed by atoms with Crippen LogP contribution in [0.25, 0.3) is 10.8 Å². The Bertz CT molecular complexity index is 906. The molecule has 0 spiro atoms. The summed E-state index contributed by atoms with van der Waals surface area (Å²) in [5, 5.41) is 9.94. The third-order valence-corrected chi connectivity index (χ3v) is 5.33. The number of hydrogen-bond donors (Lipinski definition) is 0. The zero-order valence-electron chi connectivity index (χ0n) is 13.4. The molecule has 1 aromatic heterocycles. The van der Waals surface area contributed by atoms with Crippen LogP contribution >= 0.6 is 11.8 Å². The number of amides is 1. The average molecular weight is 335 g/mol. The molecule has 3 aromatic rings. The van der Waals surface area contributed by atoms with E-state index in [1.807, 2.05) is 29.2 Å². The molecule has 5 heteroatoms. The van der Waals surface area contributed by atoms with Gasteiger partial charge in [-0.15, -0.1) is 16.9 Å². The fourth-order valence-electron chi connectivity index (χ4n) is 3.25. The number of rotatable bonds is 2. The van der Waals surface area contributed by atoms with Gasteiger partial charge in [0.2, 0.25) is 0 Å². The van der Waals surface area contributed by atoms with Crippen molar-refractivity contribution in [3.8, 4) is 0 Å². The van der Waals surface area contributed by atoms with E-state index in [1.165, 1.54) is 16.0 Å². The molecule has 2 aromatic carbocycles. The Kier molecular flexibility index (Phi) is 3.94. The summed E-state index contributed by atoms with van der Waals surface area (Å²) in [5.74, 6) is -0.0409. The molecule has 0 fully saturated rings. The minimum Gasteiger partial charge on any atom is -0.333 e. The molecule has 2 heterocycles. The highest BCUT2D eigenvalue weighted by molar-refractivity contribution is 7.98. The molecule has 0 bridgehead atoms. The van der Waals surface area contributed by atoms with E-state index >= 15 is 0 Å². The van der Waals surface area contributed by atoms with Gasteiger partial charge >= 0.3 is 0 Å². The molecule has 0 atom stereocenters. The molecule has 120 valence electrons. The molecule has 0 unspecified atom stereocenters. The van der Waals surface area contributed by atoms with E-state index in [-0.39, 0.29) is 5.91 Å². The van der Waals surface area contributed by atoms with E-state index in [1.54, 1.807) is 18.0 Å². The summed E-state index contributed by atoms with van der Waals surface area (Å²) < 4.78 is 0. The minimum absolute atomic E-state index is 0.0409. The van der Waals surface area contributed by atoms with Gasteiger partial charge in [0.1, 0.15) is 0 Å². The third kappa shape index (κ3) is 2.55. The quantitative estimate of drug-likeness (QED) is 0.672. The SMILES string of the molecule is CSc1cccc2c1CN(C(=O)c1nncc3ccccc13)CC2. The number of carbonyl (C=O) groups excluding carboxylic acids is 1. The number of hydrogen-bond acceptors (Lipinski definition) is 4. The van der Waals surface area contributed by atoms with Gasteiger partial charge in [-0.2, -0.15) is 5.10 Å². The van der Waals surface area contributed by atoms with E-state index in [4.69, 9.17) is 0 Å². The Hall–Kier alpha value is -2.40. The van der Waals surface area contributed by atoms with E-state index < -0.39 is 0 Å². The molecular formula is C19H17N3OS. The Morgan fingerprint density at radius 1 is 1.17 bits per heavy atom. The summed E-state index contributed by atoms with van der Waals surface area (Å²) in [7, 11) is 0. The topological polar surface area (TPSA) is 46.1 Å². The van der Waals surface area contributed by atoms with Crippen molar-refractivity contribution in [2.75, 3.05) is 12.8 Å². The van der Waals surface area contributed by atoms with Crippen molar-refractivity contribution in [2.24, 2.45) is 0 Å². The van der Waals surface area contributed by atoms with Gasteiger partial charge in [-0.05, 0) is 29.9 Å². The zero-order chi connectivity index (χ0) is 16.5. The van der Waals surface area contributed by atoms with Gasteiger partial charge in [0, 0.05) is 28.8 Å². The molecule has 0 saturated heterocycles. The molecule has 0 radical (unpaired) electrons. The summed E-state index contributed by atoms with van der Waals surface area (Å²) in [4.78, 5) is 16.2. The summed E-state index contributed by atoms with van der Waals surface area (Å²) in [6.07, 6.45) is 4.66. The van der Waals surface area contributed by atoms with Gasteiger partial charge in [0.05, 0.1) is 6.20 Å². The predicted octanol–water partition coefficient (Wildman–Crippen LogP) is 3.55. The second-order valence-electron chi connectivity index (χ2n) is 5.86. The fourth-order valence-corrected chi connectivity index (χ4v) is 3.91. The Morgan fingerprint density at radius 3 is 2.92 bits per heavy atom. The molecule has 1 aliphatic rings. The van der Waals surface area contributed by atoms with Crippen molar-refractivity contribution in [3.63, 3.8) is 0 Å². The van der Waals surface area contributed by atoms with Crippen LogP contribution in [-0.4, -0.2) is 33.8 Å². The first kappa shape index (κ1) is 15.1. The maximum atomic E-state index is 13.0. The maximum absolute atomic E-state index is 13.0. The van der Waals surface area contributed by atoms with Crippen molar-refractivity contribution in [2.45, 2.75) is 17.9 Å². The molecule has 4 rings (SSSR count). The number of carbonyl (C=O) groups is 1. The molecule has 4 nitrogen and oxygen atoms in total. The Morgan fingerprint density at radius 2 is 2.04 bits per heavy atom. The highest BCUT2D eigenvalue weighted by atomic mass is 32.2. The monoisotopic (exact) mass is 335 g/mol. The van der Waals surface area contributed by atoms with Gasteiger partial charge in [0.15, 0.2) is 5.69 Å². The van der Waals surface area contributed by atoms with Crippen LogP contribution < -0.4 is 0 Å². The highest BCUT2D eigenvalue weighted by Gasteiger charge is 2.25. The van der Waals surface area contributed by atoms with Gasteiger partial charge in [-0.25, -0.2) is 0 Å². The second kappa shape index (κ2) is 6.24. The van der Waals surface area contributed by atoms with E-state index in [0.717, 1.165) is 17.2 Å². The van der Waals surface area contributed by atoms with Crippen molar-refractivity contribution in [1.82, 2.24) is 15.1 Å². The standard InChI is InChI=1S/C19H17N3OS/c1-24-17-8-4-6-13-9-10-22(12-16(13)17)19(23)18-15-7-3-2-5-14(15)11-20-21-18/h2-8,11H,9-10,12H2,1H3. The van der Waals surface area contributed by atoms with Gasteiger partial charge in [-0.1, -0.05) is 36.4 Å².